The molecule has 4 heterocycles. The van der Waals surface area contributed by atoms with Crippen LogP contribution in [-0.2, 0) is 45.6 Å². The zero-order valence-electron chi connectivity index (χ0n) is 32.5. The van der Waals surface area contributed by atoms with Gasteiger partial charge in [-0.15, -0.1) is 0 Å². The Morgan fingerprint density at radius 3 is 1.61 bits per heavy atom. The quantitative estimate of drug-likeness (QED) is 0.0744. The van der Waals surface area contributed by atoms with Crippen LogP contribution >= 0.6 is 0 Å². The largest absolute Gasteiger partial charge is 0.494 e. The summed E-state index contributed by atoms with van der Waals surface area (Å²) < 4.78 is 64.4. The molecule has 0 N–H and O–H groups in total. The maximum absolute atomic E-state index is 7.47. The summed E-state index contributed by atoms with van der Waals surface area (Å²) in [6, 6.07) is 12.0. The number of hydrogen-bond donors (Lipinski definition) is 0. The monoisotopic (exact) mass is 782 g/mol. The standard InChI is InChI=1S/C37H66O10Si4/c1-37(2,3)31-12-14-32(15-13-31)40-20-10-23-50(6)45-48(4,21-8-18-38-26-33-28-41-33)44-49(5,22-9-19-39-27-34-29-42-34)46-51(7,47-50)24-17-30-11-16-35-36(25-30)43-35/h12-15,30,33-36H,8-11,16-29H2,1-7H3. The van der Waals surface area contributed by atoms with Gasteiger partial charge < -0.3 is 44.9 Å². The summed E-state index contributed by atoms with van der Waals surface area (Å²) in [6.45, 7) is 20.7. The summed E-state index contributed by atoms with van der Waals surface area (Å²) >= 11 is 0. The second-order valence-electron chi connectivity index (χ2n) is 17.4. The number of ether oxygens (including phenoxy) is 6. The summed E-state index contributed by atoms with van der Waals surface area (Å²) in [7, 11) is -10.9. The van der Waals surface area contributed by atoms with Crippen LogP contribution in [-0.4, -0.2) is 105 Å². The fourth-order valence-corrected chi connectivity index (χ4v) is 31.3. The average molecular weight is 783 g/mol. The van der Waals surface area contributed by atoms with Gasteiger partial charge in [0.05, 0.1) is 45.2 Å². The Bertz CT molecular complexity index is 1250. The predicted molar refractivity (Wildman–Crippen MR) is 206 cm³/mol. The van der Waals surface area contributed by atoms with E-state index in [1.54, 1.807) is 0 Å². The number of benzene rings is 1. The molecular formula is C37H66O10Si4. The fraction of sp³-hybridized carbons (Fsp3) is 0.838. The third-order valence-electron chi connectivity index (χ3n) is 10.9. The van der Waals surface area contributed by atoms with Gasteiger partial charge in [0.25, 0.3) is 0 Å². The zero-order valence-corrected chi connectivity index (χ0v) is 36.5. The van der Waals surface area contributed by atoms with Gasteiger partial charge in [0.2, 0.25) is 0 Å². The van der Waals surface area contributed by atoms with Gasteiger partial charge in [0.1, 0.15) is 18.0 Å². The molecule has 4 aliphatic heterocycles. The molecule has 1 saturated carbocycles. The van der Waals surface area contributed by atoms with Gasteiger partial charge in [-0.2, -0.15) is 0 Å². The Morgan fingerprint density at radius 2 is 1.14 bits per heavy atom. The van der Waals surface area contributed by atoms with Crippen LogP contribution in [0.15, 0.2) is 24.3 Å². The molecule has 5 fully saturated rings. The molecule has 14 heteroatoms. The van der Waals surface area contributed by atoms with E-state index in [4.69, 9.17) is 44.9 Å². The van der Waals surface area contributed by atoms with Gasteiger partial charge in [-0.1, -0.05) is 32.9 Å². The van der Waals surface area contributed by atoms with E-state index in [1.165, 1.54) is 24.8 Å². The van der Waals surface area contributed by atoms with Crippen LogP contribution in [0.4, 0.5) is 0 Å². The van der Waals surface area contributed by atoms with E-state index < -0.39 is 34.2 Å². The summed E-state index contributed by atoms with van der Waals surface area (Å²) in [5.74, 6) is 1.57. The fourth-order valence-electron chi connectivity index (χ4n) is 7.92. The molecule has 1 aromatic carbocycles. The highest BCUT2D eigenvalue weighted by Gasteiger charge is 2.56. The summed E-state index contributed by atoms with van der Waals surface area (Å²) in [4.78, 5) is 0. The molecule has 9 atom stereocenters. The lowest BCUT2D eigenvalue weighted by Gasteiger charge is -2.50. The van der Waals surface area contributed by atoms with E-state index in [-0.39, 0.29) is 17.6 Å². The number of fused-ring (bicyclic) bond motifs is 1. The molecule has 0 aromatic heterocycles. The van der Waals surface area contributed by atoms with Crippen LogP contribution in [0.3, 0.4) is 0 Å². The van der Waals surface area contributed by atoms with Crippen molar-refractivity contribution in [2.45, 2.75) is 146 Å². The van der Waals surface area contributed by atoms with E-state index >= 15 is 0 Å². The van der Waals surface area contributed by atoms with Gasteiger partial charge in [-0.25, -0.2) is 0 Å². The number of epoxide rings is 3. The molecule has 10 nitrogen and oxygen atoms in total. The number of hydrogen-bond acceptors (Lipinski definition) is 10. The van der Waals surface area contributed by atoms with Gasteiger partial charge in [-0.05, 0) is 124 Å². The minimum Gasteiger partial charge on any atom is -0.494 e. The molecule has 1 aromatic rings. The van der Waals surface area contributed by atoms with Crippen molar-refractivity contribution in [3.8, 4) is 5.75 Å². The van der Waals surface area contributed by atoms with Gasteiger partial charge in [0.15, 0.2) is 0 Å². The smallest absolute Gasteiger partial charge is 0.317 e. The van der Waals surface area contributed by atoms with Crippen molar-refractivity contribution in [2.75, 3.05) is 46.2 Å². The van der Waals surface area contributed by atoms with Crippen LogP contribution in [0.2, 0.25) is 50.4 Å². The van der Waals surface area contributed by atoms with Crippen molar-refractivity contribution in [3.63, 3.8) is 0 Å². The molecule has 9 unspecified atom stereocenters. The Hall–Kier alpha value is -0.472. The van der Waals surface area contributed by atoms with Crippen molar-refractivity contribution in [2.24, 2.45) is 5.92 Å². The first kappa shape index (κ1) is 40.2. The van der Waals surface area contributed by atoms with Crippen molar-refractivity contribution < 1.29 is 44.9 Å². The second kappa shape index (κ2) is 17.1. The predicted octanol–water partition coefficient (Wildman–Crippen LogP) is 7.69. The first-order chi connectivity index (χ1) is 24.2. The van der Waals surface area contributed by atoms with Crippen LogP contribution in [0.5, 0.6) is 5.75 Å². The van der Waals surface area contributed by atoms with Gasteiger partial charge >= 0.3 is 34.2 Å². The highest BCUT2D eigenvalue weighted by molar-refractivity contribution is 6.93. The Labute approximate surface area is 311 Å². The highest BCUT2D eigenvalue weighted by Crippen LogP contribution is 2.44. The molecule has 5 aliphatic rings. The maximum Gasteiger partial charge on any atom is 0.317 e. The Kier molecular flexibility index (Phi) is 13.5. The van der Waals surface area contributed by atoms with Crippen molar-refractivity contribution in [1.82, 2.24) is 0 Å². The lowest BCUT2D eigenvalue weighted by atomic mass is 9.87. The minimum absolute atomic E-state index is 0.115. The molecule has 0 radical (unpaired) electrons. The van der Waals surface area contributed by atoms with Crippen LogP contribution < -0.4 is 4.74 Å². The third-order valence-corrected chi connectivity index (χ3v) is 29.7. The van der Waals surface area contributed by atoms with E-state index in [0.717, 1.165) is 68.8 Å². The van der Waals surface area contributed by atoms with Crippen LogP contribution in [0, 0.1) is 5.92 Å². The van der Waals surface area contributed by atoms with Gasteiger partial charge in [-0.3, -0.25) is 0 Å². The lowest BCUT2D eigenvalue weighted by Crippen LogP contribution is -2.67. The molecule has 4 saturated heterocycles. The molecule has 0 amide bonds. The molecule has 0 bridgehead atoms. The third kappa shape index (κ3) is 13.1. The topological polar surface area (TPSA) is 102 Å². The molecule has 51 heavy (non-hydrogen) atoms. The first-order valence-corrected chi connectivity index (χ1v) is 29.9. The van der Waals surface area contributed by atoms with Crippen molar-refractivity contribution in [3.05, 3.63) is 29.8 Å². The molecule has 290 valence electrons. The summed E-state index contributed by atoms with van der Waals surface area (Å²) in [5, 5.41) is 0. The van der Waals surface area contributed by atoms with Crippen LogP contribution in [0.1, 0.15) is 71.3 Å². The van der Waals surface area contributed by atoms with Crippen molar-refractivity contribution in [1.29, 1.82) is 0 Å². The molecule has 0 spiro atoms. The summed E-state index contributed by atoms with van der Waals surface area (Å²) in [5.41, 5.74) is 1.42. The van der Waals surface area contributed by atoms with E-state index in [9.17, 15) is 0 Å². The second-order valence-corrected chi connectivity index (χ2v) is 31.7. The minimum atomic E-state index is -2.75. The molecular weight excluding hydrogens is 717 g/mol. The van der Waals surface area contributed by atoms with E-state index in [2.05, 4.69) is 71.2 Å². The number of rotatable bonds is 20. The Balaban J connectivity index is 1.13. The van der Waals surface area contributed by atoms with E-state index in [1.807, 2.05) is 0 Å². The van der Waals surface area contributed by atoms with E-state index in [0.29, 0.717) is 51.2 Å². The highest BCUT2D eigenvalue weighted by atomic mass is 28.5. The zero-order chi connectivity index (χ0) is 36.2. The summed E-state index contributed by atoms with van der Waals surface area (Å²) in [6.07, 6.45) is 8.84. The molecule has 1 aliphatic carbocycles. The Morgan fingerprint density at radius 1 is 0.647 bits per heavy atom. The normalized spacial score (nSPS) is 37.7. The lowest BCUT2D eigenvalue weighted by molar-refractivity contribution is 0.113. The SMILES string of the molecule is CC(C)(C)c1ccc(OCCC[Si]2(C)O[Si](C)(CCCOCC3CO3)O[Si](C)(CCCOCC3CO3)O[Si](C)(CCC3CCC4OC4C3)O2)cc1. The average Bonchev–Trinajstić information content (AvgIpc) is 3.91. The maximum atomic E-state index is 7.47. The van der Waals surface area contributed by atoms with Crippen LogP contribution in [0.25, 0.3) is 0 Å². The molecule has 6 rings (SSSR count). The van der Waals surface area contributed by atoms with Gasteiger partial charge in [0, 0.05) is 13.2 Å². The van der Waals surface area contributed by atoms with Crippen molar-refractivity contribution >= 4 is 34.2 Å². The first-order valence-electron chi connectivity index (χ1n) is 19.8.